The summed E-state index contributed by atoms with van der Waals surface area (Å²) < 4.78 is 13.8. The molecule has 0 heterocycles. The number of benzene rings is 2. The Labute approximate surface area is 111 Å². The second-order valence-corrected chi connectivity index (χ2v) is 5.02. The maximum absolute atomic E-state index is 13.8. The van der Waals surface area contributed by atoms with Gasteiger partial charge in [0, 0.05) is 10.5 Å². The van der Waals surface area contributed by atoms with E-state index in [9.17, 15) is 9.50 Å². The highest BCUT2D eigenvalue weighted by atomic mass is 32.2. The van der Waals surface area contributed by atoms with Crippen molar-refractivity contribution in [3.8, 4) is 0 Å². The minimum atomic E-state index is -0.923. The molecule has 0 aliphatic carbocycles. The van der Waals surface area contributed by atoms with Crippen molar-refractivity contribution in [2.75, 3.05) is 6.26 Å². The molecule has 0 spiro atoms. The molecule has 0 aliphatic rings. The Morgan fingerprint density at radius 2 is 1.83 bits per heavy atom. The summed E-state index contributed by atoms with van der Waals surface area (Å²) in [6.07, 6.45) is 1.02. The van der Waals surface area contributed by atoms with Crippen LogP contribution in [-0.4, -0.2) is 11.4 Å². The fourth-order valence-electron chi connectivity index (χ4n) is 1.93. The number of aliphatic hydroxyl groups excluding tert-OH is 1. The van der Waals surface area contributed by atoms with Crippen LogP contribution in [0.3, 0.4) is 0 Å². The molecule has 18 heavy (non-hydrogen) atoms. The Morgan fingerprint density at radius 1 is 1.11 bits per heavy atom. The van der Waals surface area contributed by atoms with Gasteiger partial charge in [0.1, 0.15) is 11.9 Å². The summed E-state index contributed by atoms with van der Waals surface area (Å²) in [5.41, 5.74) is 2.01. The van der Waals surface area contributed by atoms with Crippen molar-refractivity contribution in [2.45, 2.75) is 17.9 Å². The highest BCUT2D eigenvalue weighted by molar-refractivity contribution is 7.98. The molecule has 2 aromatic carbocycles. The van der Waals surface area contributed by atoms with Crippen molar-refractivity contribution in [1.29, 1.82) is 0 Å². The lowest BCUT2D eigenvalue weighted by Crippen LogP contribution is -2.04. The molecule has 0 bridgehead atoms. The molecule has 1 unspecified atom stereocenters. The van der Waals surface area contributed by atoms with Crippen molar-refractivity contribution in [1.82, 2.24) is 0 Å². The van der Waals surface area contributed by atoms with Gasteiger partial charge in [-0.3, -0.25) is 0 Å². The normalized spacial score (nSPS) is 12.4. The lowest BCUT2D eigenvalue weighted by Gasteiger charge is -2.16. The Kier molecular flexibility index (Phi) is 4.04. The van der Waals surface area contributed by atoms with Crippen LogP contribution in [0.4, 0.5) is 4.39 Å². The van der Waals surface area contributed by atoms with Gasteiger partial charge in [-0.2, -0.15) is 0 Å². The van der Waals surface area contributed by atoms with Gasteiger partial charge in [-0.05, 0) is 30.9 Å². The molecule has 1 nitrogen and oxygen atoms in total. The standard InChI is InChI=1S/C15H15FOS/c1-10-7-8-13(16)12(9-10)15(17)11-5-3-4-6-14(11)18-2/h3-9,15,17H,1-2H3. The molecule has 94 valence electrons. The molecule has 0 fully saturated rings. The fourth-order valence-corrected chi connectivity index (χ4v) is 2.56. The number of aliphatic hydroxyl groups is 1. The highest BCUT2D eigenvalue weighted by Crippen LogP contribution is 2.31. The minimum Gasteiger partial charge on any atom is -0.384 e. The minimum absolute atomic E-state index is 0.330. The first-order chi connectivity index (χ1) is 8.63. The zero-order chi connectivity index (χ0) is 13.1. The molecule has 0 aromatic heterocycles. The molecule has 3 heteroatoms. The van der Waals surface area contributed by atoms with E-state index in [1.165, 1.54) is 6.07 Å². The van der Waals surface area contributed by atoms with Crippen LogP contribution in [0.25, 0.3) is 0 Å². The van der Waals surface area contributed by atoms with E-state index in [4.69, 9.17) is 0 Å². The Bertz CT molecular complexity index is 554. The van der Waals surface area contributed by atoms with E-state index in [1.807, 2.05) is 37.4 Å². The van der Waals surface area contributed by atoms with E-state index in [0.29, 0.717) is 5.56 Å². The third kappa shape index (κ3) is 2.57. The summed E-state index contributed by atoms with van der Waals surface area (Å²) in [6, 6.07) is 12.3. The summed E-state index contributed by atoms with van der Waals surface area (Å²) >= 11 is 1.55. The maximum Gasteiger partial charge on any atom is 0.129 e. The Hall–Kier alpha value is -1.32. The molecule has 2 aromatic rings. The van der Waals surface area contributed by atoms with E-state index in [1.54, 1.807) is 23.9 Å². The van der Waals surface area contributed by atoms with Gasteiger partial charge >= 0.3 is 0 Å². The molecular formula is C15H15FOS. The van der Waals surface area contributed by atoms with Crippen molar-refractivity contribution in [3.63, 3.8) is 0 Å². The summed E-state index contributed by atoms with van der Waals surface area (Å²) in [4.78, 5) is 0.964. The van der Waals surface area contributed by atoms with Crippen LogP contribution in [0.2, 0.25) is 0 Å². The SMILES string of the molecule is CSc1ccccc1C(O)c1cc(C)ccc1F. The molecular weight excluding hydrogens is 247 g/mol. The third-order valence-electron chi connectivity index (χ3n) is 2.88. The van der Waals surface area contributed by atoms with Crippen molar-refractivity contribution in [2.24, 2.45) is 0 Å². The summed E-state index contributed by atoms with van der Waals surface area (Å²) in [5, 5.41) is 10.4. The van der Waals surface area contributed by atoms with Gasteiger partial charge in [0.05, 0.1) is 0 Å². The van der Waals surface area contributed by atoms with Gasteiger partial charge in [0.15, 0.2) is 0 Å². The van der Waals surface area contributed by atoms with Crippen LogP contribution in [0.1, 0.15) is 22.8 Å². The molecule has 0 saturated heterocycles. The van der Waals surface area contributed by atoms with E-state index < -0.39 is 6.10 Å². The van der Waals surface area contributed by atoms with Crippen molar-refractivity contribution in [3.05, 3.63) is 65.0 Å². The number of aryl methyl sites for hydroxylation is 1. The zero-order valence-corrected chi connectivity index (χ0v) is 11.2. The van der Waals surface area contributed by atoms with Crippen LogP contribution in [-0.2, 0) is 0 Å². The number of thioether (sulfide) groups is 1. The second kappa shape index (κ2) is 5.55. The predicted molar refractivity (Wildman–Crippen MR) is 73.4 cm³/mol. The lowest BCUT2D eigenvalue weighted by molar-refractivity contribution is 0.212. The number of rotatable bonds is 3. The molecule has 0 amide bonds. The summed E-state index contributed by atoms with van der Waals surface area (Å²) in [5.74, 6) is -0.371. The number of hydrogen-bond donors (Lipinski definition) is 1. The monoisotopic (exact) mass is 262 g/mol. The molecule has 2 rings (SSSR count). The lowest BCUT2D eigenvalue weighted by atomic mass is 9.99. The molecule has 0 saturated carbocycles. The van der Waals surface area contributed by atoms with Crippen LogP contribution >= 0.6 is 11.8 Å². The first-order valence-corrected chi connectivity index (χ1v) is 6.93. The third-order valence-corrected chi connectivity index (χ3v) is 3.69. The topological polar surface area (TPSA) is 20.2 Å². The van der Waals surface area contributed by atoms with Gasteiger partial charge in [-0.1, -0.05) is 35.9 Å². The van der Waals surface area contributed by atoms with Crippen molar-refractivity contribution < 1.29 is 9.50 Å². The van der Waals surface area contributed by atoms with E-state index in [2.05, 4.69) is 0 Å². The van der Waals surface area contributed by atoms with Gasteiger partial charge in [-0.25, -0.2) is 4.39 Å². The number of hydrogen-bond acceptors (Lipinski definition) is 2. The Morgan fingerprint density at radius 3 is 2.56 bits per heavy atom. The average molecular weight is 262 g/mol. The predicted octanol–water partition coefficient (Wildman–Crippen LogP) is 3.94. The van der Waals surface area contributed by atoms with Crippen LogP contribution in [0.5, 0.6) is 0 Å². The highest BCUT2D eigenvalue weighted by Gasteiger charge is 2.17. The smallest absolute Gasteiger partial charge is 0.129 e. The molecule has 1 atom stereocenters. The van der Waals surface area contributed by atoms with Gasteiger partial charge < -0.3 is 5.11 Å². The molecule has 0 aliphatic heterocycles. The first-order valence-electron chi connectivity index (χ1n) is 5.70. The van der Waals surface area contributed by atoms with Gasteiger partial charge in [0.2, 0.25) is 0 Å². The van der Waals surface area contributed by atoms with Crippen LogP contribution in [0.15, 0.2) is 47.4 Å². The first kappa shape index (κ1) is 13.1. The van der Waals surface area contributed by atoms with E-state index in [-0.39, 0.29) is 5.82 Å². The molecule has 0 radical (unpaired) electrons. The van der Waals surface area contributed by atoms with Crippen molar-refractivity contribution >= 4 is 11.8 Å². The van der Waals surface area contributed by atoms with Gasteiger partial charge in [-0.15, -0.1) is 11.8 Å². The summed E-state index contributed by atoms with van der Waals surface area (Å²) in [7, 11) is 0. The van der Waals surface area contributed by atoms with E-state index in [0.717, 1.165) is 16.0 Å². The average Bonchev–Trinajstić information content (AvgIpc) is 2.40. The van der Waals surface area contributed by atoms with Gasteiger partial charge in [0.25, 0.3) is 0 Å². The zero-order valence-electron chi connectivity index (χ0n) is 10.4. The van der Waals surface area contributed by atoms with E-state index >= 15 is 0 Å². The van der Waals surface area contributed by atoms with Crippen LogP contribution < -0.4 is 0 Å². The quantitative estimate of drug-likeness (QED) is 0.845. The maximum atomic E-state index is 13.8. The van der Waals surface area contributed by atoms with Crippen LogP contribution in [0, 0.1) is 12.7 Å². The Balaban J connectivity index is 2.47. The largest absolute Gasteiger partial charge is 0.384 e. The number of halogens is 1. The molecule has 1 N–H and O–H groups in total. The fraction of sp³-hybridized carbons (Fsp3) is 0.200. The summed E-state index contributed by atoms with van der Waals surface area (Å²) in [6.45, 7) is 1.89. The second-order valence-electron chi connectivity index (χ2n) is 4.17.